The van der Waals surface area contributed by atoms with E-state index in [1.165, 1.54) is 30.2 Å². The molecule has 0 heterocycles. The van der Waals surface area contributed by atoms with E-state index >= 15 is 0 Å². The number of methoxy groups -OCH3 is 1. The topological polar surface area (TPSA) is 66.8 Å². The maximum Gasteiger partial charge on any atom is 0.354 e. The zero-order chi connectivity index (χ0) is 25.0. The number of rotatable bonds is 15. The van der Waals surface area contributed by atoms with Crippen LogP contribution in [0.25, 0.3) is 0 Å². The first-order chi connectivity index (χ1) is 17.0. The summed E-state index contributed by atoms with van der Waals surface area (Å²) in [4.78, 5) is 18.6. The quantitative estimate of drug-likeness (QED) is 0.129. The number of hydrogen-bond donors (Lipinski definition) is 2. The van der Waals surface area contributed by atoms with Gasteiger partial charge < -0.3 is 14.5 Å². The van der Waals surface area contributed by atoms with Crippen LogP contribution in [0.15, 0.2) is 91.0 Å². The second-order valence-corrected chi connectivity index (χ2v) is 11.1. The molecule has 0 saturated carbocycles. The van der Waals surface area contributed by atoms with Crippen LogP contribution in [0, 0.1) is 0 Å². The summed E-state index contributed by atoms with van der Waals surface area (Å²) >= 11 is 0. The molecule has 3 aromatic carbocycles. The van der Waals surface area contributed by atoms with Crippen molar-refractivity contribution in [2.24, 2.45) is 0 Å². The molecule has 2 N–H and O–H groups in total. The van der Waals surface area contributed by atoms with Crippen LogP contribution in [-0.4, -0.2) is 22.7 Å². The van der Waals surface area contributed by atoms with E-state index in [9.17, 15) is 14.4 Å². The molecule has 0 aliphatic rings. The summed E-state index contributed by atoms with van der Waals surface area (Å²) in [5.41, 5.74) is 3.81. The molecular formula is C30H39O4P. The summed E-state index contributed by atoms with van der Waals surface area (Å²) in [5.74, 6) is -0.968. The Morgan fingerprint density at radius 2 is 1.03 bits per heavy atom. The molecule has 0 saturated heterocycles. The molecule has 0 bridgehead atoms. The summed E-state index contributed by atoms with van der Waals surface area (Å²) < 4.78 is 16.3. The van der Waals surface area contributed by atoms with Gasteiger partial charge in [0.25, 0.3) is 0 Å². The predicted octanol–water partition coefficient (Wildman–Crippen LogP) is 7.68. The minimum absolute atomic E-state index is 0.179. The van der Waals surface area contributed by atoms with Gasteiger partial charge in [0, 0.05) is 12.5 Å². The van der Waals surface area contributed by atoms with E-state index in [-0.39, 0.29) is 5.41 Å². The maximum absolute atomic E-state index is 11.4. The highest BCUT2D eigenvalue weighted by atomic mass is 31.2. The van der Waals surface area contributed by atoms with E-state index in [4.69, 9.17) is 4.74 Å². The largest absolute Gasteiger partial charge is 0.369 e. The third-order valence-electron chi connectivity index (χ3n) is 6.95. The van der Waals surface area contributed by atoms with Crippen molar-refractivity contribution in [2.75, 3.05) is 7.11 Å². The number of unbranched alkanes of at least 4 members (excludes halogenated alkanes) is 6. The highest BCUT2D eigenvalue weighted by Gasteiger charge is 2.35. The second-order valence-electron chi connectivity index (χ2n) is 9.30. The molecule has 0 radical (unpaired) electrons. The lowest BCUT2D eigenvalue weighted by Gasteiger charge is -2.36. The van der Waals surface area contributed by atoms with Gasteiger partial charge in [-0.05, 0) is 29.5 Å². The Labute approximate surface area is 210 Å². The Morgan fingerprint density at radius 3 is 1.40 bits per heavy atom. The van der Waals surface area contributed by atoms with Crippen molar-refractivity contribution in [3.63, 3.8) is 0 Å². The average Bonchev–Trinajstić information content (AvgIpc) is 2.88. The van der Waals surface area contributed by atoms with E-state index in [0.29, 0.717) is 6.42 Å². The van der Waals surface area contributed by atoms with Gasteiger partial charge in [0.2, 0.25) is 0 Å². The highest BCUT2D eigenvalue weighted by Crippen LogP contribution is 2.44. The van der Waals surface area contributed by atoms with Crippen LogP contribution in [0.5, 0.6) is 0 Å². The lowest BCUT2D eigenvalue weighted by atomic mass is 9.66. The van der Waals surface area contributed by atoms with Crippen LogP contribution in [-0.2, 0) is 14.7 Å². The first-order valence-electron chi connectivity index (χ1n) is 12.7. The van der Waals surface area contributed by atoms with Gasteiger partial charge in [-0.15, -0.1) is 0 Å². The van der Waals surface area contributed by atoms with Crippen molar-refractivity contribution in [3.8, 4) is 0 Å². The molecule has 0 aromatic heterocycles. The summed E-state index contributed by atoms with van der Waals surface area (Å²) in [7, 11) is -2.80. The third-order valence-corrected chi connectivity index (χ3v) is 8.17. The molecule has 0 amide bonds. The van der Waals surface area contributed by atoms with Gasteiger partial charge in [0.15, 0.2) is 5.85 Å². The van der Waals surface area contributed by atoms with Crippen LogP contribution in [0.3, 0.4) is 0 Å². The first kappa shape index (κ1) is 27.4. The van der Waals surface area contributed by atoms with E-state index in [1.807, 2.05) is 0 Å². The fourth-order valence-electron chi connectivity index (χ4n) is 5.12. The predicted molar refractivity (Wildman–Crippen MR) is 144 cm³/mol. The van der Waals surface area contributed by atoms with E-state index < -0.39 is 13.4 Å². The Hall–Kier alpha value is -2.23. The molecule has 1 atom stereocenters. The number of hydrogen-bond acceptors (Lipinski definition) is 2. The van der Waals surface area contributed by atoms with Crippen molar-refractivity contribution in [3.05, 3.63) is 108 Å². The fraction of sp³-hybridized carbons (Fsp3) is 0.400. The van der Waals surface area contributed by atoms with Gasteiger partial charge in [0.05, 0.1) is 0 Å². The molecule has 188 valence electrons. The van der Waals surface area contributed by atoms with E-state index in [1.54, 1.807) is 0 Å². The zero-order valence-corrected chi connectivity index (χ0v) is 21.7. The van der Waals surface area contributed by atoms with Gasteiger partial charge in [-0.25, -0.2) is 0 Å². The highest BCUT2D eigenvalue weighted by molar-refractivity contribution is 7.52. The van der Waals surface area contributed by atoms with Crippen LogP contribution >= 0.6 is 7.60 Å². The monoisotopic (exact) mass is 494 g/mol. The molecule has 35 heavy (non-hydrogen) atoms. The molecule has 0 aliphatic carbocycles. The van der Waals surface area contributed by atoms with Crippen LogP contribution in [0.2, 0.25) is 0 Å². The van der Waals surface area contributed by atoms with E-state index in [0.717, 1.165) is 44.9 Å². The fourth-order valence-corrected chi connectivity index (χ4v) is 5.91. The lowest BCUT2D eigenvalue weighted by molar-refractivity contribution is 0.127. The normalized spacial score (nSPS) is 13.0. The third kappa shape index (κ3) is 7.62. The Bertz CT molecular complexity index is 921. The first-order valence-corrected chi connectivity index (χ1v) is 14.4. The molecule has 0 spiro atoms. The minimum Gasteiger partial charge on any atom is -0.369 e. The molecular weight excluding hydrogens is 455 g/mol. The van der Waals surface area contributed by atoms with Gasteiger partial charge in [-0.1, -0.05) is 136 Å². The van der Waals surface area contributed by atoms with Crippen LogP contribution in [0.1, 0.15) is 74.5 Å². The van der Waals surface area contributed by atoms with Crippen molar-refractivity contribution < 1.29 is 19.1 Å². The van der Waals surface area contributed by atoms with E-state index in [2.05, 4.69) is 91.0 Å². The van der Waals surface area contributed by atoms with Crippen molar-refractivity contribution in [2.45, 2.75) is 69.0 Å². The SMILES string of the molecule is COC(CCCCCCCCCC(c1ccccc1)(c1ccccc1)c1ccccc1)P(=O)(O)O. The molecule has 0 aliphatic heterocycles. The molecule has 3 rings (SSSR count). The van der Waals surface area contributed by atoms with Crippen molar-refractivity contribution in [1.29, 1.82) is 0 Å². The van der Waals surface area contributed by atoms with Crippen LogP contribution < -0.4 is 0 Å². The number of ether oxygens (including phenoxy) is 1. The van der Waals surface area contributed by atoms with Crippen LogP contribution in [0.4, 0.5) is 0 Å². The lowest BCUT2D eigenvalue weighted by Crippen LogP contribution is -2.29. The molecule has 0 fully saturated rings. The standard InChI is InChI=1S/C30H39O4P/c1-34-29(35(31,32)33)24-16-5-3-2-4-6-17-25-30(26-18-10-7-11-19-26,27-20-12-8-13-21-27)28-22-14-9-15-23-28/h7-15,18-23,29H,2-6,16-17,24-25H2,1H3,(H2,31,32,33). The van der Waals surface area contributed by atoms with Gasteiger partial charge in [-0.3, -0.25) is 4.57 Å². The van der Waals surface area contributed by atoms with Gasteiger partial charge in [-0.2, -0.15) is 0 Å². The van der Waals surface area contributed by atoms with Crippen molar-refractivity contribution >= 4 is 7.60 Å². The molecule has 3 aromatic rings. The average molecular weight is 495 g/mol. The molecule has 1 unspecified atom stereocenters. The summed E-state index contributed by atoms with van der Waals surface area (Å²) in [6.45, 7) is 0. The summed E-state index contributed by atoms with van der Waals surface area (Å²) in [5, 5.41) is 0. The van der Waals surface area contributed by atoms with Gasteiger partial charge in [0.1, 0.15) is 0 Å². The summed E-state index contributed by atoms with van der Waals surface area (Å²) in [6, 6.07) is 32.6. The minimum atomic E-state index is -4.16. The zero-order valence-electron chi connectivity index (χ0n) is 20.8. The second kappa shape index (κ2) is 13.8. The molecule has 4 nitrogen and oxygen atoms in total. The number of benzene rings is 3. The Kier molecular flexibility index (Phi) is 10.7. The maximum atomic E-state index is 11.4. The Morgan fingerprint density at radius 1 is 0.657 bits per heavy atom. The smallest absolute Gasteiger partial charge is 0.354 e. The molecule has 5 heteroatoms. The van der Waals surface area contributed by atoms with Crippen molar-refractivity contribution in [1.82, 2.24) is 0 Å². The Balaban J connectivity index is 1.59. The summed E-state index contributed by atoms with van der Waals surface area (Å²) in [6.07, 6.45) is 8.89. The van der Waals surface area contributed by atoms with Gasteiger partial charge >= 0.3 is 7.60 Å².